The molecule has 0 N–H and O–H groups in total. The summed E-state index contributed by atoms with van der Waals surface area (Å²) in [5.41, 5.74) is -0.389. The van der Waals surface area contributed by atoms with Crippen molar-refractivity contribution in [1.82, 2.24) is 4.98 Å². The maximum atomic E-state index is 12.5. The third kappa shape index (κ3) is 2.18. The Morgan fingerprint density at radius 1 is 1.47 bits per heavy atom. The summed E-state index contributed by atoms with van der Waals surface area (Å²) in [6.45, 7) is 0. The summed E-state index contributed by atoms with van der Waals surface area (Å²) in [6.07, 6.45) is 1.83. The highest BCUT2D eigenvalue weighted by Crippen LogP contribution is 2.50. The Labute approximate surface area is 95.0 Å². The van der Waals surface area contributed by atoms with Crippen LogP contribution in [0.4, 0.5) is 8.78 Å². The molecule has 78 valence electrons. The predicted molar refractivity (Wildman–Crippen MR) is 56.5 cm³/mol. The normalized spacial score (nSPS) is 17.1. The van der Waals surface area contributed by atoms with Crippen molar-refractivity contribution in [3.8, 4) is 11.8 Å². The monoisotopic (exact) mass is 271 g/mol. The first-order valence-electron chi connectivity index (χ1n) is 4.55. The lowest BCUT2D eigenvalue weighted by molar-refractivity contribution is 0.0921. The molecule has 0 radical (unpaired) electrons. The lowest BCUT2D eigenvalue weighted by atomic mass is 10.1. The number of alkyl halides is 2. The molecule has 1 aliphatic carbocycles. The predicted octanol–water partition coefficient (Wildman–Crippen LogP) is 3.24. The molecule has 0 spiro atoms. The summed E-state index contributed by atoms with van der Waals surface area (Å²) in [7, 11) is 0. The molecule has 0 aliphatic heterocycles. The average Bonchev–Trinajstić information content (AvgIpc) is 2.98. The van der Waals surface area contributed by atoms with Crippen molar-refractivity contribution in [3.63, 3.8) is 0 Å². The second-order valence-corrected chi connectivity index (χ2v) is 4.42. The van der Waals surface area contributed by atoms with Crippen LogP contribution in [0.25, 0.3) is 0 Å². The zero-order valence-electron chi connectivity index (χ0n) is 7.80. The molecular formula is C11H8BrF2N. The molecular weight excluding hydrogens is 264 g/mol. The van der Waals surface area contributed by atoms with Gasteiger partial charge in [0.05, 0.1) is 11.0 Å². The Hall–Kier alpha value is -0.950. The third-order valence-corrected chi connectivity index (χ3v) is 3.11. The molecule has 4 heteroatoms. The van der Waals surface area contributed by atoms with E-state index in [0.717, 1.165) is 4.47 Å². The van der Waals surface area contributed by atoms with E-state index < -0.39 is 11.8 Å². The largest absolute Gasteiger partial charge is 0.263 e. The first kappa shape index (κ1) is 10.6. The fraction of sp³-hybridized carbons (Fsp3) is 0.364. The van der Waals surface area contributed by atoms with Gasteiger partial charge in [0.15, 0.2) is 0 Å². The lowest BCUT2D eigenvalue weighted by Crippen LogP contribution is -2.08. The maximum Gasteiger partial charge on any atom is 0.254 e. The standard InChI is InChI=1S/C11H8BrF2N/c12-9-2-6-15-7-8(9)1-3-11(4-5-11)10(13)14/h2,6-7,10H,4-5H2. The molecule has 1 saturated carbocycles. The van der Waals surface area contributed by atoms with Gasteiger partial charge in [0, 0.05) is 16.9 Å². The molecule has 0 bridgehead atoms. The minimum Gasteiger partial charge on any atom is -0.263 e. The summed E-state index contributed by atoms with van der Waals surface area (Å²) < 4.78 is 25.9. The molecule has 1 fully saturated rings. The summed E-state index contributed by atoms with van der Waals surface area (Å²) in [6, 6.07) is 1.74. The van der Waals surface area contributed by atoms with Crippen LogP contribution in [0.3, 0.4) is 0 Å². The van der Waals surface area contributed by atoms with E-state index in [0.29, 0.717) is 18.4 Å². The number of nitrogens with zero attached hydrogens (tertiary/aromatic N) is 1. The Kier molecular flexibility index (Phi) is 2.74. The van der Waals surface area contributed by atoms with Crippen molar-refractivity contribution in [3.05, 3.63) is 28.5 Å². The van der Waals surface area contributed by atoms with Gasteiger partial charge in [-0.25, -0.2) is 8.78 Å². The van der Waals surface area contributed by atoms with Crippen molar-refractivity contribution in [1.29, 1.82) is 0 Å². The second-order valence-electron chi connectivity index (χ2n) is 3.56. The van der Waals surface area contributed by atoms with Crippen LogP contribution in [0.15, 0.2) is 22.9 Å². The molecule has 15 heavy (non-hydrogen) atoms. The Balaban J connectivity index is 2.23. The summed E-state index contributed by atoms with van der Waals surface area (Å²) in [4.78, 5) is 3.89. The van der Waals surface area contributed by atoms with Crippen LogP contribution in [0.1, 0.15) is 18.4 Å². The minimum atomic E-state index is -2.35. The molecule has 2 rings (SSSR count). The molecule has 1 nitrogen and oxygen atoms in total. The Bertz CT molecular complexity index is 430. The van der Waals surface area contributed by atoms with Crippen molar-refractivity contribution in [2.75, 3.05) is 0 Å². The molecule has 0 atom stereocenters. The van der Waals surface area contributed by atoms with E-state index in [1.54, 1.807) is 18.5 Å². The van der Waals surface area contributed by atoms with Crippen LogP contribution in [0.2, 0.25) is 0 Å². The maximum absolute atomic E-state index is 12.5. The zero-order valence-corrected chi connectivity index (χ0v) is 9.39. The Morgan fingerprint density at radius 2 is 2.20 bits per heavy atom. The highest BCUT2D eigenvalue weighted by atomic mass is 79.9. The topological polar surface area (TPSA) is 12.9 Å². The van der Waals surface area contributed by atoms with Crippen LogP contribution in [0, 0.1) is 17.3 Å². The summed E-state index contributed by atoms with van der Waals surface area (Å²) >= 11 is 3.29. The molecule has 0 amide bonds. The van der Waals surface area contributed by atoms with Gasteiger partial charge in [0.1, 0.15) is 0 Å². The molecule has 1 aromatic rings. The van der Waals surface area contributed by atoms with Gasteiger partial charge in [-0.05, 0) is 34.8 Å². The van der Waals surface area contributed by atoms with Crippen molar-refractivity contribution in [2.45, 2.75) is 19.3 Å². The number of rotatable bonds is 1. The number of hydrogen-bond acceptors (Lipinski definition) is 1. The van der Waals surface area contributed by atoms with E-state index >= 15 is 0 Å². The van der Waals surface area contributed by atoms with Crippen molar-refractivity contribution < 1.29 is 8.78 Å². The number of pyridine rings is 1. The van der Waals surface area contributed by atoms with Crippen LogP contribution in [0.5, 0.6) is 0 Å². The molecule has 0 saturated heterocycles. The summed E-state index contributed by atoms with van der Waals surface area (Å²) in [5.74, 6) is 5.41. The van der Waals surface area contributed by atoms with Gasteiger partial charge in [0.25, 0.3) is 6.43 Å². The Morgan fingerprint density at radius 3 is 2.73 bits per heavy atom. The first-order chi connectivity index (χ1) is 7.14. The van der Waals surface area contributed by atoms with Gasteiger partial charge in [-0.3, -0.25) is 4.98 Å². The van der Waals surface area contributed by atoms with E-state index in [2.05, 4.69) is 32.8 Å². The molecule has 1 aliphatic rings. The third-order valence-electron chi connectivity index (χ3n) is 2.42. The van der Waals surface area contributed by atoms with E-state index in [4.69, 9.17) is 0 Å². The van der Waals surface area contributed by atoms with Crippen molar-refractivity contribution in [2.24, 2.45) is 5.41 Å². The zero-order chi connectivity index (χ0) is 10.9. The van der Waals surface area contributed by atoms with Gasteiger partial charge in [-0.2, -0.15) is 0 Å². The smallest absolute Gasteiger partial charge is 0.254 e. The van der Waals surface area contributed by atoms with E-state index in [-0.39, 0.29) is 0 Å². The number of hydrogen-bond donors (Lipinski definition) is 0. The highest BCUT2D eigenvalue weighted by molar-refractivity contribution is 9.10. The van der Waals surface area contributed by atoms with Crippen molar-refractivity contribution >= 4 is 15.9 Å². The van der Waals surface area contributed by atoms with E-state index in [1.165, 1.54) is 0 Å². The van der Waals surface area contributed by atoms with Gasteiger partial charge in [-0.15, -0.1) is 0 Å². The van der Waals surface area contributed by atoms with Crippen LogP contribution in [-0.4, -0.2) is 11.4 Å². The number of halogens is 3. The van der Waals surface area contributed by atoms with Gasteiger partial charge >= 0.3 is 0 Å². The quantitative estimate of drug-likeness (QED) is 0.715. The van der Waals surface area contributed by atoms with E-state index in [1.807, 2.05) is 0 Å². The summed E-state index contributed by atoms with van der Waals surface area (Å²) in [5, 5.41) is 0. The van der Waals surface area contributed by atoms with Gasteiger partial charge in [-0.1, -0.05) is 11.8 Å². The molecule has 0 unspecified atom stereocenters. The highest BCUT2D eigenvalue weighted by Gasteiger charge is 2.49. The van der Waals surface area contributed by atoms with Gasteiger partial charge in [0.2, 0.25) is 0 Å². The van der Waals surface area contributed by atoms with Crippen LogP contribution >= 0.6 is 15.9 Å². The second kappa shape index (κ2) is 3.90. The average molecular weight is 272 g/mol. The minimum absolute atomic E-state index is 0.496. The first-order valence-corrected chi connectivity index (χ1v) is 5.34. The molecule has 1 aromatic heterocycles. The van der Waals surface area contributed by atoms with Crippen LogP contribution in [-0.2, 0) is 0 Å². The van der Waals surface area contributed by atoms with Crippen LogP contribution < -0.4 is 0 Å². The molecule has 1 heterocycles. The molecule has 0 aromatic carbocycles. The SMILES string of the molecule is FC(F)C1(C#Cc2cnccc2Br)CC1. The fourth-order valence-corrected chi connectivity index (χ4v) is 1.51. The van der Waals surface area contributed by atoms with E-state index in [9.17, 15) is 8.78 Å². The number of aromatic nitrogens is 1. The van der Waals surface area contributed by atoms with Gasteiger partial charge < -0.3 is 0 Å². The fourth-order valence-electron chi connectivity index (χ4n) is 1.19. The lowest BCUT2D eigenvalue weighted by Gasteiger charge is -2.03.